The highest BCUT2D eigenvalue weighted by Gasteiger charge is 2.27. The van der Waals surface area contributed by atoms with Gasteiger partial charge in [0.1, 0.15) is 22.8 Å². The summed E-state index contributed by atoms with van der Waals surface area (Å²) < 4.78 is 17.2. The van der Waals surface area contributed by atoms with Crippen molar-refractivity contribution >= 4 is 23.2 Å². The second kappa shape index (κ2) is 8.86. The normalized spacial score (nSPS) is 13.9. The monoisotopic (exact) mass is 422 g/mol. The summed E-state index contributed by atoms with van der Waals surface area (Å²) in [7, 11) is 6.93. The molecule has 0 aliphatic carbocycles. The number of methoxy groups -OCH3 is 2. The molecule has 1 heterocycles. The highest BCUT2D eigenvalue weighted by Crippen LogP contribution is 2.44. The summed E-state index contributed by atoms with van der Waals surface area (Å²) in [6.45, 7) is 8.61. The third kappa shape index (κ3) is 4.91. The molecule has 0 unspecified atom stereocenters. The third-order valence-electron chi connectivity index (χ3n) is 5.00. The number of anilines is 1. The zero-order valence-corrected chi connectivity index (χ0v) is 19.0. The molecule has 6 nitrogen and oxygen atoms in total. The summed E-state index contributed by atoms with van der Waals surface area (Å²) in [5.74, 6) is 1.96. The topological polar surface area (TPSA) is 60.0 Å². The first kappa shape index (κ1) is 22.4. The van der Waals surface area contributed by atoms with Crippen molar-refractivity contribution in [3.8, 4) is 17.2 Å². The molecule has 31 heavy (non-hydrogen) atoms. The summed E-state index contributed by atoms with van der Waals surface area (Å²) in [6.07, 6.45) is 4.02. The average molecular weight is 423 g/mol. The number of ether oxygens (including phenoxy) is 3. The second-order valence-corrected chi connectivity index (χ2v) is 8.27. The van der Waals surface area contributed by atoms with Gasteiger partial charge in [-0.05, 0) is 69.9 Å². The molecule has 1 aliphatic rings. The number of carbonyl (C=O) groups excluding carboxylic acids is 1. The standard InChI is InChI=1S/C25H30N2O4/c1-16(18-9-8-17(29-6)14-21(18)26-23(28)15-27(4)5)19-10-11-22(30-7)20-12-13-25(2,3)31-24(19)20/h8-14H,1,15H2,2-7H3,(H,26,28). The molecule has 0 saturated heterocycles. The van der Waals surface area contributed by atoms with Gasteiger partial charge in [-0.1, -0.05) is 6.58 Å². The Morgan fingerprint density at radius 1 is 1.13 bits per heavy atom. The number of amides is 1. The van der Waals surface area contributed by atoms with E-state index >= 15 is 0 Å². The lowest BCUT2D eigenvalue weighted by atomic mass is 9.92. The minimum Gasteiger partial charge on any atom is -0.497 e. The maximum Gasteiger partial charge on any atom is 0.238 e. The lowest BCUT2D eigenvalue weighted by Gasteiger charge is -2.31. The highest BCUT2D eigenvalue weighted by atomic mass is 16.5. The highest BCUT2D eigenvalue weighted by molar-refractivity contribution is 5.98. The van der Waals surface area contributed by atoms with Crippen molar-refractivity contribution in [1.29, 1.82) is 0 Å². The van der Waals surface area contributed by atoms with E-state index in [0.29, 0.717) is 17.2 Å². The van der Waals surface area contributed by atoms with Crippen LogP contribution in [0, 0.1) is 0 Å². The Bertz CT molecular complexity index is 1040. The number of nitrogens with zero attached hydrogens (tertiary/aromatic N) is 1. The van der Waals surface area contributed by atoms with Crippen molar-refractivity contribution in [3.63, 3.8) is 0 Å². The maximum absolute atomic E-state index is 12.5. The van der Waals surface area contributed by atoms with Crippen LogP contribution in [0.3, 0.4) is 0 Å². The van der Waals surface area contributed by atoms with Gasteiger partial charge in [0.05, 0.1) is 32.0 Å². The quantitative estimate of drug-likeness (QED) is 0.714. The van der Waals surface area contributed by atoms with E-state index in [9.17, 15) is 4.79 Å². The number of benzene rings is 2. The molecule has 0 bridgehead atoms. The smallest absolute Gasteiger partial charge is 0.238 e. The van der Waals surface area contributed by atoms with Crippen LogP contribution in [0.25, 0.3) is 11.6 Å². The van der Waals surface area contributed by atoms with Crippen LogP contribution in [0.4, 0.5) is 5.69 Å². The van der Waals surface area contributed by atoms with Gasteiger partial charge < -0.3 is 24.4 Å². The van der Waals surface area contributed by atoms with E-state index < -0.39 is 5.60 Å². The van der Waals surface area contributed by atoms with Gasteiger partial charge in [0.2, 0.25) is 5.91 Å². The fourth-order valence-corrected chi connectivity index (χ4v) is 3.48. The Labute approximate surface area is 184 Å². The van der Waals surface area contributed by atoms with E-state index in [1.807, 2.05) is 69.3 Å². The first-order chi connectivity index (χ1) is 14.6. The number of nitrogens with one attached hydrogen (secondary N) is 1. The number of hydrogen-bond acceptors (Lipinski definition) is 5. The summed E-state index contributed by atoms with van der Waals surface area (Å²) >= 11 is 0. The van der Waals surface area contributed by atoms with Crippen molar-refractivity contribution in [3.05, 3.63) is 59.7 Å². The Morgan fingerprint density at radius 3 is 2.48 bits per heavy atom. The van der Waals surface area contributed by atoms with Crippen molar-refractivity contribution in [2.24, 2.45) is 0 Å². The first-order valence-electron chi connectivity index (χ1n) is 10.1. The van der Waals surface area contributed by atoms with Gasteiger partial charge in [-0.3, -0.25) is 4.79 Å². The zero-order chi connectivity index (χ0) is 22.8. The van der Waals surface area contributed by atoms with Gasteiger partial charge in [0, 0.05) is 17.2 Å². The lowest BCUT2D eigenvalue weighted by molar-refractivity contribution is -0.116. The average Bonchev–Trinajstić information content (AvgIpc) is 2.71. The Balaban J connectivity index is 2.08. The molecule has 2 aromatic rings. The van der Waals surface area contributed by atoms with Crippen molar-refractivity contribution < 1.29 is 19.0 Å². The molecular weight excluding hydrogens is 392 g/mol. The molecule has 2 aromatic carbocycles. The zero-order valence-electron chi connectivity index (χ0n) is 19.0. The minimum absolute atomic E-state index is 0.121. The van der Waals surface area contributed by atoms with Crippen molar-refractivity contribution in [1.82, 2.24) is 4.90 Å². The molecule has 3 rings (SSSR count). The maximum atomic E-state index is 12.5. The number of hydrogen-bond donors (Lipinski definition) is 1. The van der Waals surface area contributed by atoms with Crippen LogP contribution < -0.4 is 19.5 Å². The molecule has 164 valence electrons. The summed E-state index contributed by atoms with van der Waals surface area (Å²) in [5.41, 5.74) is 3.39. The number of fused-ring (bicyclic) bond motifs is 1. The molecule has 0 radical (unpaired) electrons. The van der Waals surface area contributed by atoms with Crippen LogP contribution in [0.15, 0.2) is 43.0 Å². The van der Waals surface area contributed by atoms with E-state index in [1.54, 1.807) is 20.3 Å². The van der Waals surface area contributed by atoms with Gasteiger partial charge in [-0.2, -0.15) is 0 Å². The van der Waals surface area contributed by atoms with E-state index in [-0.39, 0.29) is 12.5 Å². The summed E-state index contributed by atoms with van der Waals surface area (Å²) in [4.78, 5) is 14.3. The molecule has 6 heteroatoms. The molecule has 1 amide bonds. The van der Waals surface area contributed by atoms with Gasteiger partial charge >= 0.3 is 0 Å². The first-order valence-corrected chi connectivity index (χ1v) is 10.1. The van der Waals surface area contributed by atoms with Crippen LogP contribution in [0.2, 0.25) is 0 Å². The van der Waals surface area contributed by atoms with Crippen LogP contribution in [-0.4, -0.2) is 51.3 Å². The van der Waals surface area contributed by atoms with Gasteiger partial charge in [0.15, 0.2) is 0 Å². The molecule has 0 aromatic heterocycles. The van der Waals surface area contributed by atoms with Crippen LogP contribution in [-0.2, 0) is 4.79 Å². The van der Waals surface area contributed by atoms with E-state index in [0.717, 1.165) is 28.0 Å². The Kier molecular flexibility index (Phi) is 6.41. The van der Waals surface area contributed by atoms with Crippen molar-refractivity contribution in [2.45, 2.75) is 19.4 Å². The lowest BCUT2D eigenvalue weighted by Crippen LogP contribution is -2.28. The number of rotatable bonds is 7. The SMILES string of the molecule is C=C(c1ccc(OC)cc1NC(=O)CN(C)C)c1ccc(OC)c2c1OC(C)(C)C=C2. The van der Waals surface area contributed by atoms with Gasteiger partial charge in [-0.25, -0.2) is 0 Å². The van der Waals surface area contributed by atoms with Gasteiger partial charge in [0.25, 0.3) is 0 Å². The molecule has 0 fully saturated rings. The molecule has 1 aliphatic heterocycles. The van der Waals surface area contributed by atoms with Crippen LogP contribution in [0.5, 0.6) is 17.2 Å². The largest absolute Gasteiger partial charge is 0.497 e. The predicted molar refractivity (Wildman–Crippen MR) is 125 cm³/mol. The minimum atomic E-state index is -0.461. The Morgan fingerprint density at radius 2 is 1.84 bits per heavy atom. The second-order valence-electron chi connectivity index (χ2n) is 8.27. The van der Waals surface area contributed by atoms with E-state index in [2.05, 4.69) is 11.9 Å². The Hall–Kier alpha value is -3.25. The number of carbonyl (C=O) groups is 1. The number of likely N-dealkylation sites (N-methyl/N-ethyl adjacent to an activating group) is 1. The fourth-order valence-electron chi connectivity index (χ4n) is 3.48. The molecule has 0 saturated carbocycles. The molecular formula is C25H30N2O4. The van der Waals surface area contributed by atoms with Crippen LogP contribution in [0.1, 0.15) is 30.5 Å². The fraction of sp³-hybridized carbons (Fsp3) is 0.320. The molecule has 0 spiro atoms. The predicted octanol–water partition coefficient (Wildman–Crippen LogP) is 4.45. The molecule has 0 atom stereocenters. The van der Waals surface area contributed by atoms with Crippen LogP contribution >= 0.6 is 0 Å². The van der Waals surface area contributed by atoms with Gasteiger partial charge in [-0.15, -0.1) is 0 Å². The molecule has 1 N–H and O–H groups in total. The summed E-state index contributed by atoms with van der Waals surface area (Å²) in [6, 6.07) is 9.38. The summed E-state index contributed by atoms with van der Waals surface area (Å²) in [5, 5.41) is 2.99. The van der Waals surface area contributed by atoms with E-state index in [4.69, 9.17) is 14.2 Å². The van der Waals surface area contributed by atoms with Crippen molar-refractivity contribution in [2.75, 3.05) is 40.2 Å². The third-order valence-corrected chi connectivity index (χ3v) is 5.00. The van der Waals surface area contributed by atoms with E-state index in [1.165, 1.54) is 0 Å².